The summed E-state index contributed by atoms with van der Waals surface area (Å²) >= 11 is 3.35. The van der Waals surface area contributed by atoms with Gasteiger partial charge in [0.05, 0.1) is 5.69 Å². The minimum absolute atomic E-state index is 0.169. The lowest BCUT2D eigenvalue weighted by Crippen LogP contribution is -2.21. The van der Waals surface area contributed by atoms with E-state index in [-0.39, 0.29) is 5.82 Å². The van der Waals surface area contributed by atoms with Gasteiger partial charge in [-0.3, -0.25) is 0 Å². The molecule has 1 saturated carbocycles. The van der Waals surface area contributed by atoms with Crippen LogP contribution < -0.4 is 5.32 Å². The van der Waals surface area contributed by atoms with Crippen LogP contribution in [0.25, 0.3) is 0 Å². The Morgan fingerprint density at radius 1 is 1.53 bits per heavy atom. The van der Waals surface area contributed by atoms with Crippen molar-refractivity contribution in [2.45, 2.75) is 32.2 Å². The molecular weight excluding hydrogens is 257 g/mol. The maximum atomic E-state index is 13.5. The minimum Gasteiger partial charge on any atom is -0.380 e. The molecule has 1 atom stereocenters. The quantitative estimate of drug-likeness (QED) is 0.866. The number of hydrogen-bond acceptors (Lipinski definition) is 1. The second-order valence-electron chi connectivity index (χ2n) is 4.12. The van der Waals surface area contributed by atoms with Crippen LogP contribution >= 0.6 is 15.9 Å². The zero-order valence-electron chi connectivity index (χ0n) is 8.76. The summed E-state index contributed by atoms with van der Waals surface area (Å²) in [6, 6.07) is 5.44. The van der Waals surface area contributed by atoms with Gasteiger partial charge in [0.25, 0.3) is 0 Å². The molecule has 2 rings (SSSR count). The van der Waals surface area contributed by atoms with Gasteiger partial charge in [-0.1, -0.05) is 22.9 Å². The Hall–Kier alpha value is -0.570. The maximum absolute atomic E-state index is 13.5. The van der Waals surface area contributed by atoms with Crippen molar-refractivity contribution in [1.82, 2.24) is 0 Å². The first-order valence-corrected chi connectivity index (χ1v) is 6.21. The van der Waals surface area contributed by atoms with E-state index in [1.165, 1.54) is 18.9 Å². The van der Waals surface area contributed by atoms with Crippen molar-refractivity contribution in [1.29, 1.82) is 0 Å². The zero-order chi connectivity index (χ0) is 10.8. The third-order valence-corrected chi connectivity index (χ3v) is 3.39. The highest BCUT2D eigenvalue weighted by Crippen LogP contribution is 2.36. The number of hydrogen-bond donors (Lipinski definition) is 1. The summed E-state index contributed by atoms with van der Waals surface area (Å²) in [7, 11) is 0. The van der Waals surface area contributed by atoms with Gasteiger partial charge in [0.15, 0.2) is 0 Å². The molecule has 0 aliphatic heterocycles. The SMILES string of the molecule is CCC(Nc1cc(Br)ccc1F)C1CC1. The standard InChI is InChI=1S/C12H15BrFN/c1-2-11(8-3-4-8)15-12-7-9(13)5-6-10(12)14/h5-8,11,15H,2-4H2,1H3. The van der Waals surface area contributed by atoms with Crippen LogP contribution in [0.3, 0.4) is 0 Å². The summed E-state index contributed by atoms with van der Waals surface area (Å²) in [5.74, 6) is 0.575. The molecular formula is C12H15BrFN. The largest absolute Gasteiger partial charge is 0.380 e. The summed E-state index contributed by atoms with van der Waals surface area (Å²) in [5, 5.41) is 3.29. The lowest BCUT2D eigenvalue weighted by Gasteiger charge is -2.18. The highest BCUT2D eigenvalue weighted by Gasteiger charge is 2.30. The predicted molar refractivity (Wildman–Crippen MR) is 64.5 cm³/mol. The molecule has 0 spiro atoms. The van der Waals surface area contributed by atoms with Crippen LogP contribution in [0.1, 0.15) is 26.2 Å². The van der Waals surface area contributed by atoms with Gasteiger partial charge in [-0.05, 0) is 43.4 Å². The van der Waals surface area contributed by atoms with Crippen molar-refractivity contribution in [2.24, 2.45) is 5.92 Å². The molecule has 1 unspecified atom stereocenters. The van der Waals surface area contributed by atoms with Crippen molar-refractivity contribution in [2.75, 3.05) is 5.32 Å². The van der Waals surface area contributed by atoms with E-state index in [0.29, 0.717) is 11.7 Å². The fourth-order valence-corrected chi connectivity index (χ4v) is 2.22. The van der Waals surface area contributed by atoms with E-state index in [0.717, 1.165) is 16.8 Å². The highest BCUT2D eigenvalue weighted by atomic mass is 79.9. The van der Waals surface area contributed by atoms with Gasteiger partial charge in [-0.15, -0.1) is 0 Å². The second kappa shape index (κ2) is 4.52. The molecule has 1 aromatic carbocycles. The van der Waals surface area contributed by atoms with E-state index in [9.17, 15) is 4.39 Å². The van der Waals surface area contributed by atoms with Crippen molar-refractivity contribution >= 4 is 21.6 Å². The third-order valence-electron chi connectivity index (χ3n) is 2.90. The Labute approximate surface area is 98.2 Å². The van der Waals surface area contributed by atoms with Crippen LogP contribution in [0.4, 0.5) is 10.1 Å². The average molecular weight is 272 g/mol. The lowest BCUT2D eigenvalue weighted by atomic mass is 10.1. The topological polar surface area (TPSA) is 12.0 Å². The number of halogens is 2. The first kappa shape index (κ1) is 10.9. The molecule has 1 nitrogen and oxygen atoms in total. The van der Waals surface area contributed by atoms with Gasteiger partial charge in [-0.25, -0.2) is 4.39 Å². The van der Waals surface area contributed by atoms with Gasteiger partial charge in [0.2, 0.25) is 0 Å². The van der Waals surface area contributed by atoms with Gasteiger partial charge >= 0.3 is 0 Å². The summed E-state index contributed by atoms with van der Waals surface area (Å²) in [5.41, 5.74) is 0.614. The highest BCUT2D eigenvalue weighted by molar-refractivity contribution is 9.10. The molecule has 15 heavy (non-hydrogen) atoms. The van der Waals surface area contributed by atoms with Crippen LogP contribution in [-0.4, -0.2) is 6.04 Å². The lowest BCUT2D eigenvalue weighted by molar-refractivity contribution is 0.594. The minimum atomic E-state index is -0.169. The third kappa shape index (κ3) is 2.71. The molecule has 0 radical (unpaired) electrons. The van der Waals surface area contributed by atoms with Crippen LogP contribution in [0.15, 0.2) is 22.7 Å². The monoisotopic (exact) mass is 271 g/mol. The first-order chi connectivity index (χ1) is 7.20. The summed E-state index contributed by atoms with van der Waals surface area (Å²) in [6.07, 6.45) is 3.61. The summed E-state index contributed by atoms with van der Waals surface area (Å²) in [6.45, 7) is 2.14. The molecule has 1 aliphatic carbocycles. The summed E-state index contributed by atoms with van der Waals surface area (Å²) < 4.78 is 14.4. The Kier molecular flexibility index (Phi) is 3.29. The average Bonchev–Trinajstić information content (AvgIpc) is 3.03. The Morgan fingerprint density at radius 2 is 2.27 bits per heavy atom. The summed E-state index contributed by atoms with van der Waals surface area (Å²) in [4.78, 5) is 0. The smallest absolute Gasteiger partial charge is 0.146 e. The Morgan fingerprint density at radius 3 is 2.87 bits per heavy atom. The van der Waals surface area contributed by atoms with Crippen molar-refractivity contribution < 1.29 is 4.39 Å². The van der Waals surface area contributed by atoms with Crippen LogP contribution in [0.2, 0.25) is 0 Å². The second-order valence-corrected chi connectivity index (χ2v) is 5.04. The molecule has 82 valence electrons. The molecule has 0 saturated heterocycles. The number of benzene rings is 1. The fraction of sp³-hybridized carbons (Fsp3) is 0.500. The molecule has 0 amide bonds. The molecule has 1 N–H and O–H groups in total. The number of anilines is 1. The first-order valence-electron chi connectivity index (χ1n) is 5.42. The van der Waals surface area contributed by atoms with Gasteiger partial charge < -0.3 is 5.32 Å². The fourth-order valence-electron chi connectivity index (χ4n) is 1.86. The molecule has 1 aromatic rings. The molecule has 0 aromatic heterocycles. The maximum Gasteiger partial charge on any atom is 0.146 e. The molecule has 1 fully saturated rings. The van der Waals surface area contributed by atoms with Gasteiger partial charge in [-0.2, -0.15) is 0 Å². The van der Waals surface area contributed by atoms with Crippen LogP contribution in [0, 0.1) is 11.7 Å². The van der Waals surface area contributed by atoms with Crippen molar-refractivity contribution in [3.63, 3.8) is 0 Å². The molecule has 3 heteroatoms. The van der Waals surface area contributed by atoms with Gasteiger partial charge in [0.1, 0.15) is 5.82 Å². The van der Waals surface area contributed by atoms with Crippen molar-refractivity contribution in [3.8, 4) is 0 Å². The van der Waals surface area contributed by atoms with E-state index in [1.807, 2.05) is 0 Å². The van der Waals surface area contributed by atoms with E-state index in [2.05, 4.69) is 28.2 Å². The molecule has 1 aliphatic rings. The Balaban J connectivity index is 2.11. The predicted octanol–water partition coefficient (Wildman–Crippen LogP) is 4.19. The van der Waals surface area contributed by atoms with E-state index in [1.54, 1.807) is 12.1 Å². The zero-order valence-corrected chi connectivity index (χ0v) is 10.3. The van der Waals surface area contributed by atoms with Crippen molar-refractivity contribution in [3.05, 3.63) is 28.5 Å². The van der Waals surface area contributed by atoms with E-state index >= 15 is 0 Å². The van der Waals surface area contributed by atoms with Crippen LogP contribution in [-0.2, 0) is 0 Å². The van der Waals surface area contributed by atoms with E-state index in [4.69, 9.17) is 0 Å². The Bertz CT molecular complexity index is 349. The molecule has 0 bridgehead atoms. The number of nitrogens with one attached hydrogen (secondary N) is 1. The normalized spacial score (nSPS) is 17.5. The van der Waals surface area contributed by atoms with Crippen LogP contribution in [0.5, 0.6) is 0 Å². The van der Waals surface area contributed by atoms with Gasteiger partial charge in [0, 0.05) is 10.5 Å². The number of rotatable bonds is 4. The molecule has 0 heterocycles. The van der Waals surface area contributed by atoms with E-state index < -0.39 is 0 Å².